The molecule has 1 N–H and O–H groups in total. The van der Waals surface area contributed by atoms with Crippen LogP contribution in [0.15, 0.2) is 59.5 Å². The molecule has 3 aromatic rings. The van der Waals surface area contributed by atoms with E-state index in [9.17, 15) is 0 Å². The van der Waals surface area contributed by atoms with E-state index in [2.05, 4.69) is 27.6 Å². The molecule has 0 saturated heterocycles. The van der Waals surface area contributed by atoms with Crippen molar-refractivity contribution >= 4 is 0 Å². The third-order valence-corrected chi connectivity index (χ3v) is 3.23. The highest BCUT2D eigenvalue weighted by atomic mass is 16.3. The minimum Gasteiger partial charge on any atom is -0.467 e. The van der Waals surface area contributed by atoms with Crippen molar-refractivity contribution in [3.05, 3.63) is 72.2 Å². The van der Waals surface area contributed by atoms with Gasteiger partial charge in [0.15, 0.2) is 0 Å². The van der Waals surface area contributed by atoms with Gasteiger partial charge in [-0.25, -0.2) is 0 Å². The molecule has 5 nitrogen and oxygen atoms in total. The lowest BCUT2D eigenvalue weighted by atomic mass is 10.0. The molecule has 0 aliphatic carbocycles. The highest BCUT2D eigenvalue weighted by Crippen LogP contribution is 2.22. The fourth-order valence-corrected chi connectivity index (χ4v) is 2.14. The molecule has 0 amide bonds. The third-order valence-electron chi connectivity index (χ3n) is 3.23. The first-order chi connectivity index (χ1) is 9.84. The van der Waals surface area contributed by atoms with Crippen LogP contribution in [0, 0.1) is 0 Å². The number of rotatable bonds is 5. The van der Waals surface area contributed by atoms with Gasteiger partial charge in [-0.05, 0) is 17.7 Å². The number of benzene rings is 1. The summed E-state index contributed by atoms with van der Waals surface area (Å²) in [7, 11) is 1.93. The van der Waals surface area contributed by atoms with Crippen molar-refractivity contribution in [2.24, 2.45) is 7.05 Å². The topological polar surface area (TPSA) is 55.9 Å². The number of nitrogens with zero attached hydrogens (tertiary/aromatic N) is 3. The molecule has 0 aliphatic rings. The quantitative estimate of drug-likeness (QED) is 0.771. The Balaban J connectivity index is 1.82. The number of hydrogen-bond acceptors (Lipinski definition) is 4. The number of nitrogens with one attached hydrogen (secondary N) is 1. The average Bonchev–Trinajstić information content (AvgIpc) is 3.13. The predicted molar refractivity (Wildman–Crippen MR) is 74.8 cm³/mol. The van der Waals surface area contributed by atoms with E-state index < -0.39 is 0 Å². The van der Waals surface area contributed by atoms with E-state index in [1.165, 1.54) is 0 Å². The van der Waals surface area contributed by atoms with Crippen LogP contribution >= 0.6 is 0 Å². The van der Waals surface area contributed by atoms with E-state index in [0.29, 0.717) is 6.54 Å². The van der Waals surface area contributed by atoms with E-state index in [0.717, 1.165) is 17.1 Å². The maximum absolute atomic E-state index is 5.54. The Morgan fingerprint density at radius 3 is 2.70 bits per heavy atom. The van der Waals surface area contributed by atoms with Crippen LogP contribution in [0.2, 0.25) is 0 Å². The largest absolute Gasteiger partial charge is 0.467 e. The fraction of sp³-hybridized carbons (Fsp3) is 0.200. The summed E-state index contributed by atoms with van der Waals surface area (Å²) in [5.41, 5.74) is 1.16. The molecule has 0 fully saturated rings. The lowest BCUT2D eigenvalue weighted by molar-refractivity contribution is 0.440. The van der Waals surface area contributed by atoms with Gasteiger partial charge in [-0.2, -0.15) is 0 Å². The Kier molecular flexibility index (Phi) is 3.60. The van der Waals surface area contributed by atoms with Crippen LogP contribution in [0.3, 0.4) is 0 Å². The molecule has 0 radical (unpaired) electrons. The van der Waals surface area contributed by atoms with E-state index in [1.54, 1.807) is 12.6 Å². The van der Waals surface area contributed by atoms with Crippen molar-refractivity contribution < 1.29 is 4.42 Å². The standard InChI is InChI=1S/C15H16N4O/c1-19-11-17-18-14(19)10-16-15(13-8-5-9-20-13)12-6-3-2-4-7-12/h2-9,11,15-16H,10H2,1H3. The van der Waals surface area contributed by atoms with Gasteiger partial charge in [0.1, 0.15) is 17.9 Å². The first-order valence-electron chi connectivity index (χ1n) is 6.49. The Hall–Kier alpha value is -2.40. The monoisotopic (exact) mass is 268 g/mol. The molecule has 0 spiro atoms. The van der Waals surface area contributed by atoms with Crippen molar-refractivity contribution in [1.29, 1.82) is 0 Å². The second-order valence-electron chi connectivity index (χ2n) is 4.60. The molecular weight excluding hydrogens is 252 g/mol. The number of aryl methyl sites for hydroxylation is 1. The highest BCUT2D eigenvalue weighted by molar-refractivity contribution is 5.26. The van der Waals surface area contributed by atoms with Gasteiger partial charge in [0, 0.05) is 7.05 Å². The van der Waals surface area contributed by atoms with Crippen molar-refractivity contribution in [3.8, 4) is 0 Å². The van der Waals surface area contributed by atoms with Gasteiger partial charge >= 0.3 is 0 Å². The molecule has 2 heterocycles. The van der Waals surface area contributed by atoms with Crippen molar-refractivity contribution in [1.82, 2.24) is 20.1 Å². The summed E-state index contributed by atoms with van der Waals surface area (Å²) in [5, 5.41) is 11.4. The zero-order valence-electron chi connectivity index (χ0n) is 11.2. The zero-order chi connectivity index (χ0) is 13.8. The third kappa shape index (κ3) is 2.62. The maximum Gasteiger partial charge on any atom is 0.146 e. The Morgan fingerprint density at radius 2 is 2.05 bits per heavy atom. The Labute approximate surface area is 117 Å². The maximum atomic E-state index is 5.54. The molecule has 5 heteroatoms. The van der Waals surface area contributed by atoms with Crippen LogP contribution in [0.4, 0.5) is 0 Å². The molecular formula is C15H16N4O. The van der Waals surface area contributed by atoms with Gasteiger partial charge in [0.25, 0.3) is 0 Å². The number of hydrogen-bond donors (Lipinski definition) is 1. The Bertz CT molecular complexity index is 646. The van der Waals surface area contributed by atoms with Crippen LogP contribution in [-0.4, -0.2) is 14.8 Å². The summed E-state index contributed by atoms with van der Waals surface area (Å²) >= 11 is 0. The van der Waals surface area contributed by atoms with E-state index in [4.69, 9.17) is 4.42 Å². The van der Waals surface area contributed by atoms with Crippen LogP contribution in [0.1, 0.15) is 23.2 Å². The summed E-state index contributed by atoms with van der Waals surface area (Å²) in [6, 6.07) is 14.1. The van der Waals surface area contributed by atoms with Gasteiger partial charge in [-0.3, -0.25) is 5.32 Å². The van der Waals surface area contributed by atoms with E-state index in [1.807, 2.05) is 41.9 Å². The zero-order valence-corrected chi connectivity index (χ0v) is 11.2. The molecule has 1 aromatic carbocycles. The first-order valence-corrected chi connectivity index (χ1v) is 6.49. The SMILES string of the molecule is Cn1cnnc1CNC(c1ccccc1)c1ccco1. The van der Waals surface area contributed by atoms with Gasteiger partial charge in [-0.15, -0.1) is 10.2 Å². The van der Waals surface area contributed by atoms with Crippen molar-refractivity contribution in [2.75, 3.05) is 0 Å². The number of aromatic nitrogens is 3. The van der Waals surface area contributed by atoms with Crippen LogP contribution in [0.25, 0.3) is 0 Å². The Morgan fingerprint density at radius 1 is 1.20 bits per heavy atom. The van der Waals surface area contributed by atoms with Gasteiger partial charge in [0.05, 0.1) is 18.8 Å². The molecule has 0 aliphatic heterocycles. The van der Waals surface area contributed by atoms with Crippen LogP contribution < -0.4 is 5.32 Å². The van der Waals surface area contributed by atoms with Crippen LogP contribution in [0.5, 0.6) is 0 Å². The minimum absolute atomic E-state index is 0.00269. The average molecular weight is 268 g/mol. The molecule has 1 atom stereocenters. The smallest absolute Gasteiger partial charge is 0.146 e. The van der Waals surface area contributed by atoms with Crippen molar-refractivity contribution in [2.45, 2.75) is 12.6 Å². The molecule has 20 heavy (non-hydrogen) atoms. The molecule has 2 aromatic heterocycles. The minimum atomic E-state index is 0.00269. The van der Waals surface area contributed by atoms with E-state index >= 15 is 0 Å². The van der Waals surface area contributed by atoms with Crippen molar-refractivity contribution in [3.63, 3.8) is 0 Å². The molecule has 102 valence electrons. The van der Waals surface area contributed by atoms with Gasteiger partial charge < -0.3 is 8.98 Å². The van der Waals surface area contributed by atoms with Gasteiger partial charge in [0.2, 0.25) is 0 Å². The summed E-state index contributed by atoms with van der Waals surface area (Å²) in [4.78, 5) is 0. The second-order valence-corrected chi connectivity index (χ2v) is 4.60. The highest BCUT2D eigenvalue weighted by Gasteiger charge is 2.16. The van der Waals surface area contributed by atoms with Gasteiger partial charge in [-0.1, -0.05) is 30.3 Å². The molecule has 3 rings (SSSR count). The summed E-state index contributed by atoms with van der Waals surface area (Å²) in [6.07, 6.45) is 3.39. The molecule has 0 saturated carbocycles. The predicted octanol–water partition coefficient (Wildman–Crippen LogP) is 2.29. The summed E-state index contributed by atoms with van der Waals surface area (Å²) in [5.74, 6) is 1.77. The summed E-state index contributed by atoms with van der Waals surface area (Å²) < 4.78 is 7.44. The normalized spacial score (nSPS) is 12.4. The summed E-state index contributed by atoms with van der Waals surface area (Å²) in [6.45, 7) is 0.622. The molecule has 1 unspecified atom stereocenters. The molecule has 0 bridgehead atoms. The van der Waals surface area contributed by atoms with E-state index in [-0.39, 0.29) is 6.04 Å². The van der Waals surface area contributed by atoms with Crippen LogP contribution in [-0.2, 0) is 13.6 Å². The lowest BCUT2D eigenvalue weighted by Gasteiger charge is -2.16. The first kappa shape index (κ1) is 12.6. The second kappa shape index (κ2) is 5.71. The number of furan rings is 1. The lowest BCUT2D eigenvalue weighted by Crippen LogP contribution is -2.23. The fourth-order valence-electron chi connectivity index (χ4n) is 2.14.